The van der Waals surface area contributed by atoms with Crippen LogP contribution >= 0.6 is 24.2 Å². The van der Waals surface area contributed by atoms with Gasteiger partial charge in [0.05, 0.1) is 5.02 Å². The lowest BCUT2D eigenvalue weighted by molar-refractivity contribution is 0.506. The lowest BCUT2D eigenvalue weighted by atomic mass is 10.3. The third-order valence-corrected chi connectivity index (χ3v) is 1.80. The molecular weight excluding hydrogens is 178 g/mol. The Labute approximate surface area is 67.2 Å². The highest BCUT2D eigenvalue weighted by atomic mass is 35.5. The minimum atomic E-state index is -0.956. The maximum absolute atomic E-state index is 12.3. The zero-order valence-electron chi connectivity index (χ0n) is 4.74. The summed E-state index contributed by atoms with van der Waals surface area (Å²) >= 11 is 9.18. The molecule has 0 heterocycles. The molecule has 1 rings (SSSR count). The van der Waals surface area contributed by atoms with Gasteiger partial charge in [-0.1, -0.05) is 11.6 Å². The summed E-state index contributed by atoms with van der Waals surface area (Å²) < 4.78 is 24.5. The Morgan fingerprint density at radius 3 is 2.20 bits per heavy atom. The van der Waals surface area contributed by atoms with Gasteiger partial charge in [0.2, 0.25) is 0 Å². The SMILES string of the molecule is Fc1cc(S)c(Cl)cc1F. The zero-order chi connectivity index (χ0) is 7.72. The first-order valence-electron chi connectivity index (χ1n) is 2.45. The van der Waals surface area contributed by atoms with Gasteiger partial charge in [-0.3, -0.25) is 0 Å². The lowest BCUT2D eigenvalue weighted by Crippen LogP contribution is -1.83. The fraction of sp³-hybridized carbons (Fsp3) is 0. The molecule has 0 N–H and O–H groups in total. The largest absolute Gasteiger partial charge is 0.204 e. The molecule has 54 valence electrons. The summed E-state index contributed by atoms with van der Waals surface area (Å²) in [7, 11) is 0. The number of benzene rings is 1. The van der Waals surface area contributed by atoms with Crippen LogP contribution in [0.3, 0.4) is 0 Å². The first kappa shape index (κ1) is 7.82. The molecule has 1 aromatic carbocycles. The van der Waals surface area contributed by atoms with E-state index in [-0.39, 0.29) is 9.92 Å². The van der Waals surface area contributed by atoms with E-state index in [1.807, 2.05) is 0 Å². The van der Waals surface area contributed by atoms with Crippen LogP contribution in [-0.4, -0.2) is 0 Å². The van der Waals surface area contributed by atoms with Crippen LogP contribution in [0.5, 0.6) is 0 Å². The zero-order valence-corrected chi connectivity index (χ0v) is 6.39. The Morgan fingerprint density at radius 1 is 1.20 bits per heavy atom. The Bertz CT molecular complexity index is 212. The molecule has 0 fully saturated rings. The molecule has 0 aliphatic rings. The van der Waals surface area contributed by atoms with Gasteiger partial charge in [-0.05, 0) is 12.1 Å². The van der Waals surface area contributed by atoms with Crippen LogP contribution < -0.4 is 0 Å². The van der Waals surface area contributed by atoms with Gasteiger partial charge in [0.15, 0.2) is 11.6 Å². The lowest BCUT2D eigenvalue weighted by Gasteiger charge is -1.96. The monoisotopic (exact) mass is 180 g/mol. The standard InChI is InChI=1S/C6H3ClF2S/c7-3-1-4(8)5(9)2-6(3)10/h1-2,10H. The topological polar surface area (TPSA) is 0 Å². The van der Waals surface area contributed by atoms with Crippen LogP contribution in [0, 0.1) is 11.6 Å². The molecule has 0 spiro atoms. The van der Waals surface area contributed by atoms with E-state index in [4.69, 9.17) is 11.6 Å². The number of hydrogen-bond acceptors (Lipinski definition) is 1. The van der Waals surface area contributed by atoms with E-state index in [0.717, 1.165) is 12.1 Å². The molecule has 0 nitrogen and oxygen atoms in total. The molecule has 0 saturated heterocycles. The van der Waals surface area contributed by atoms with E-state index in [1.165, 1.54) is 0 Å². The maximum Gasteiger partial charge on any atom is 0.160 e. The van der Waals surface area contributed by atoms with Crippen LogP contribution in [-0.2, 0) is 0 Å². The Morgan fingerprint density at radius 2 is 1.70 bits per heavy atom. The van der Waals surface area contributed by atoms with Crippen molar-refractivity contribution in [1.82, 2.24) is 0 Å². The van der Waals surface area contributed by atoms with E-state index >= 15 is 0 Å². The van der Waals surface area contributed by atoms with Gasteiger partial charge >= 0.3 is 0 Å². The van der Waals surface area contributed by atoms with Crippen LogP contribution in [0.15, 0.2) is 17.0 Å². The fourth-order valence-electron chi connectivity index (χ4n) is 0.512. The van der Waals surface area contributed by atoms with Crippen molar-refractivity contribution < 1.29 is 8.78 Å². The summed E-state index contributed by atoms with van der Waals surface area (Å²) in [5.74, 6) is -1.89. The second-order valence-electron chi connectivity index (χ2n) is 1.72. The van der Waals surface area contributed by atoms with Crippen molar-refractivity contribution in [2.45, 2.75) is 4.90 Å². The predicted molar refractivity (Wildman–Crippen MR) is 38.6 cm³/mol. The molecular formula is C6H3ClF2S. The van der Waals surface area contributed by atoms with Crippen molar-refractivity contribution in [3.8, 4) is 0 Å². The van der Waals surface area contributed by atoms with Gasteiger partial charge < -0.3 is 0 Å². The van der Waals surface area contributed by atoms with Crippen molar-refractivity contribution in [3.05, 3.63) is 28.8 Å². The minimum absolute atomic E-state index is 0.113. The summed E-state index contributed by atoms with van der Waals surface area (Å²) in [6.07, 6.45) is 0. The summed E-state index contributed by atoms with van der Waals surface area (Å²) in [6.45, 7) is 0. The van der Waals surface area contributed by atoms with Gasteiger partial charge in [0.25, 0.3) is 0 Å². The molecule has 0 saturated carbocycles. The van der Waals surface area contributed by atoms with Gasteiger partial charge in [-0.2, -0.15) is 0 Å². The van der Waals surface area contributed by atoms with Crippen molar-refractivity contribution in [2.75, 3.05) is 0 Å². The predicted octanol–water partition coefficient (Wildman–Crippen LogP) is 2.91. The van der Waals surface area contributed by atoms with E-state index in [9.17, 15) is 8.78 Å². The summed E-state index contributed by atoms with van der Waals surface area (Å²) in [5.41, 5.74) is 0. The molecule has 0 radical (unpaired) electrons. The Balaban J connectivity index is 3.28. The number of rotatable bonds is 0. The van der Waals surface area contributed by atoms with Gasteiger partial charge in [-0.25, -0.2) is 8.78 Å². The normalized spacial score (nSPS) is 10.0. The fourth-order valence-corrected chi connectivity index (χ4v) is 0.840. The quantitative estimate of drug-likeness (QED) is 0.461. The third-order valence-electron chi connectivity index (χ3n) is 0.990. The van der Waals surface area contributed by atoms with E-state index in [1.54, 1.807) is 0 Å². The number of thiol groups is 1. The smallest absolute Gasteiger partial charge is 0.160 e. The maximum atomic E-state index is 12.3. The van der Waals surface area contributed by atoms with Gasteiger partial charge in [0.1, 0.15) is 0 Å². The highest BCUT2D eigenvalue weighted by Crippen LogP contribution is 2.22. The van der Waals surface area contributed by atoms with E-state index < -0.39 is 11.6 Å². The summed E-state index contributed by atoms with van der Waals surface area (Å²) in [4.78, 5) is 0.237. The van der Waals surface area contributed by atoms with E-state index in [2.05, 4.69) is 12.6 Å². The molecule has 0 atom stereocenters. The summed E-state index contributed by atoms with van der Waals surface area (Å²) in [5, 5.41) is 0.113. The number of hydrogen-bond donors (Lipinski definition) is 1. The Kier molecular flexibility index (Phi) is 2.16. The van der Waals surface area contributed by atoms with Crippen LogP contribution in [0.25, 0.3) is 0 Å². The molecule has 0 aromatic heterocycles. The van der Waals surface area contributed by atoms with Crippen molar-refractivity contribution in [2.24, 2.45) is 0 Å². The van der Waals surface area contributed by atoms with Crippen molar-refractivity contribution in [1.29, 1.82) is 0 Å². The molecule has 1 aromatic rings. The van der Waals surface area contributed by atoms with Crippen molar-refractivity contribution >= 4 is 24.2 Å². The van der Waals surface area contributed by atoms with Gasteiger partial charge in [0, 0.05) is 4.90 Å². The molecule has 0 amide bonds. The molecule has 0 aliphatic heterocycles. The van der Waals surface area contributed by atoms with Crippen LogP contribution in [0.4, 0.5) is 8.78 Å². The average Bonchev–Trinajstić information content (AvgIpc) is 1.84. The molecule has 0 unspecified atom stereocenters. The third kappa shape index (κ3) is 1.41. The Hall–Kier alpha value is -0.280. The van der Waals surface area contributed by atoms with E-state index in [0.29, 0.717) is 0 Å². The van der Waals surface area contributed by atoms with Gasteiger partial charge in [-0.15, -0.1) is 12.6 Å². The first-order valence-corrected chi connectivity index (χ1v) is 3.27. The minimum Gasteiger partial charge on any atom is -0.204 e. The molecule has 0 bridgehead atoms. The molecule has 4 heteroatoms. The second-order valence-corrected chi connectivity index (χ2v) is 2.61. The highest BCUT2D eigenvalue weighted by molar-refractivity contribution is 7.80. The highest BCUT2D eigenvalue weighted by Gasteiger charge is 2.04. The average molecular weight is 181 g/mol. The number of halogens is 3. The summed E-state index contributed by atoms with van der Waals surface area (Å²) in [6, 6.07) is 1.82. The van der Waals surface area contributed by atoms with Crippen LogP contribution in [0.2, 0.25) is 5.02 Å². The van der Waals surface area contributed by atoms with Crippen molar-refractivity contribution in [3.63, 3.8) is 0 Å². The second kappa shape index (κ2) is 2.76. The molecule has 10 heavy (non-hydrogen) atoms. The van der Waals surface area contributed by atoms with Crippen LogP contribution in [0.1, 0.15) is 0 Å². The molecule has 0 aliphatic carbocycles. The first-order chi connectivity index (χ1) is 4.61.